The molecule has 1 fully saturated rings. The lowest BCUT2D eigenvalue weighted by Crippen LogP contribution is -2.29. The predicted octanol–water partition coefficient (Wildman–Crippen LogP) is 7.95. The third-order valence-electron chi connectivity index (χ3n) is 7.18. The van der Waals surface area contributed by atoms with Crippen LogP contribution in [0.1, 0.15) is 28.3 Å². The van der Waals surface area contributed by atoms with Crippen LogP contribution in [0.2, 0.25) is 0 Å². The number of hydrogen-bond donors (Lipinski definition) is 1. The number of aliphatic hydroxyl groups is 1. The maximum absolute atomic E-state index is 13.7. The summed E-state index contributed by atoms with van der Waals surface area (Å²) in [6, 6.07) is 26.7. The minimum absolute atomic E-state index is 0.0944. The van der Waals surface area contributed by atoms with E-state index in [1.807, 2.05) is 30.3 Å². The Morgan fingerprint density at radius 1 is 0.957 bits per heavy atom. The molecule has 2 heterocycles. The maximum atomic E-state index is 13.7. The summed E-state index contributed by atoms with van der Waals surface area (Å²) in [6.45, 7) is 0.307. The molecule has 1 aromatic heterocycles. The van der Waals surface area contributed by atoms with Crippen LogP contribution in [0.4, 0.5) is 9.52 Å². The molecule has 232 valence electrons. The van der Waals surface area contributed by atoms with Crippen LogP contribution in [0.15, 0.2) is 111 Å². The van der Waals surface area contributed by atoms with Crippen molar-refractivity contribution in [1.82, 2.24) is 10.2 Å². The van der Waals surface area contributed by atoms with Crippen LogP contribution in [-0.2, 0) is 21.9 Å². The molecule has 1 aliphatic heterocycles. The fourth-order valence-electron chi connectivity index (χ4n) is 4.90. The minimum atomic E-state index is -1.04. The number of ketones is 1. The van der Waals surface area contributed by atoms with E-state index in [0.29, 0.717) is 39.3 Å². The van der Waals surface area contributed by atoms with E-state index in [0.717, 1.165) is 26.9 Å². The summed E-state index contributed by atoms with van der Waals surface area (Å²) >= 11 is 5.90. The number of amides is 1. The number of benzene rings is 4. The van der Waals surface area contributed by atoms with Crippen molar-refractivity contribution < 1.29 is 28.6 Å². The first-order chi connectivity index (χ1) is 22.3. The van der Waals surface area contributed by atoms with Gasteiger partial charge in [0.15, 0.2) is 15.8 Å². The Bertz CT molecular complexity index is 1920. The van der Waals surface area contributed by atoms with E-state index >= 15 is 0 Å². The van der Waals surface area contributed by atoms with Crippen molar-refractivity contribution in [3.63, 3.8) is 0 Å². The summed E-state index contributed by atoms with van der Waals surface area (Å²) in [5.41, 5.74) is 2.63. The Balaban J connectivity index is 1.37. The van der Waals surface area contributed by atoms with Gasteiger partial charge in [-0.1, -0.05) is 99.7 Å². The van der Waals surface area contributed by atoms with Gasteiger partial charge in [-0.05, 0) is 53.1 Å². The van der Waals surface area contributed by atoms with Crippen LogP contribution < -0.4 is 14.4 Å². The summed E-state index contributed by atoms with van der Waals surface area (Å²) in [5, 5.41) is 20.2. The van der Waals surface area contributed by atoms with Gasteiger partial charge in [-0.3, -0.25) is 14.5 Å². The lowest BCUT2D eigenvalue weighted by Gasteiger charge is -2.23. The standard InChI is InChI=1S/C34H25BrFN3O5S2/c1-43-27-17-23(11-16-26(27)44-18-20-5-3-2-4-6-20)29-28(30(40)22-9-12-24(35)13-10-22)31(41)32(42)39(29)33-37-38-34(46-33)45-19-21-7-14-25(36)15-8-21/h2-17,29,40H,18-19H2,1H3/b30-28-. The van der Waals surface area contributed by atoms with E-state index in [9.17, 15) is 19.1 Å². The number of nitrogens with zero attached hydrogens (tertiary/aromatic N) is 3. The molecule has 12 heteroatoms. The van der Waals surface area contributed by atoms with Crippen molar-refractivity contribution in [3.8, 4) is 11.5 Å². The third-order valence-corrected chi connectivity index (χ3v) is 9.84. The van der Waals surface area contributed by atoms with Crippen molar-refractivity contribution in [3.05, 3.63) is 135 Å². The molecule has 1 saturated heterocycles. The number of carbonyl (C=O) groups excluding carboxylic acids is 2. The average Bonchev–Trinajstić information content (AvgIpc) is 3.65. The Labute approximate surface area is 280 Å². The van der Waals surface area contributed by atoms with E-state index in [2.05, 4.69) is 26.1 Å². The number of rotatable bonds is 10. The summed E-state index contributed by atoms with van der Waals surface area (Å²) in [4.78, 5) is 28.5. The zero-order chi connectivity index (χ0) is 32.2. The van der Waals surface area contributed by atoms with Crippen LogP contribution >= 0.6 is 39.0 Å². The van der Waals surface area contributed by atoms with E-state index in [1.54, 1.807) is 54.6 Å². The minimum Gasteiger partial charge on any atom is -0.507 e. The molecule has 0 bridgehead atoms. The van der Waals surface area contributed by atoms with E-state index in [-0.39, 0.29) is 22.3 Å². The van der Waals surface area contributed by atoms with Crippen LogP contribution in [0, 0.1) is 5.82 Å². The molecule has 46 heavy (non-hydrogen) atoms. The molecule has 0 aliphatic carbocycles. The summed E-state index contributed by atoms with van der Waals surface area (Å²) in [6.07, 6.45) is 0. The van der Waals surface area contributed by atoms with E-state index in [4.69, 9.17) is 9.47 Å². The smallest absolute Gasteiger partial charge is 0.301 e. The van der Waals surface area contributed by atoms with Crippen molar-refractivity contribution in [2.24, 2.45) is 0 Å². The van der Waals surface area contributed by atoms with Crippen LogP contribution in [-0.4, -0.2) is 34.1 Å². The van der Waals surface area contributed by atoms with Gasteiger partial charge >= 0.3 is 5.91 Å². The highest BCUT2D eigenvalue weighted by atomic mass is 79.9. The Kier molecular flexibility index (Phi) is 9.48. The molecule has 6 rings (SSSR count). The number of carbonyl (C=O) groups is 2. The number of halogens is 2. The van der Waals surface area contributed by atoms with E-state index in [1.165, 1.54) is 35.9 Å². The second-order valence-electron chi connectivity index (χ2n) is 10.1. The molecule has 5 aromatic rings. The average molecular weight is 719 g/mol. The molecule has 1 aliphatic rings. The van der Waals surface area contributed by atoms with Crippen LogP contribution in [0.3, 0.4) is 0 Å². The molecule has 4 aromatic carbocycles. The Morgan fingerprint density at radius 2 is 1.70 bits per heavy atom. The number of ether oxygens (including phenoxy) is 2. The van der Waals surface area contributed by atoms with Gasteiger partial charge in [0.1, 0.15) is 18.2 Å². The highest BCUT2D eigenvalue weighted by molar-refractivity contribution is 9.10. The van der Waals surface area contributed by atoms with Crippen LogP contribution in [0.5, 0.6) is 11.5 Å². The summed E-state index contributed by atoms with van der Waals surface area (Å²) in [7, 11) is 1.50. The second kappa shape index (κ2) is 13.9. The molecule has 0 saturated carbocycles. The Morgan fingerprint density at radius 3 is 2.41 bits per heavy atom. The number of aromatic nitrogens is 2. The topological polar surface area (TPSA) is 102 Å². The zero-order valence-electron chi connectivity index (χ0n) is 24.2. The number of methoxy groups -OCH3 is 1. The van der Waals surface area contributed by atoms with Gasteiger partial charge in [0.25, 0.3) is 5.78 Å². The van der Waals surface area contributed by atoms with Gasteiger partial charge in [-0.2, -0.15) is 0 Å². The largest absolute Gasteiger partial charge is 0.507 e. The molecule has 0 radical (unpaired) electrons. The fourth-order valence-corrected chi connectivity index (χ4v) is 6.99. The van der Waals surface area contributed by atoms with Crippen molar-refractivity contribution in [1.29, 1.82) is 0 Å². The fraction of sp³-hybridized carbons (Fsp3) is 0.118. The Hall–Kier alpha value is -4.52. The summed E-state index contributed by atoms with van der Waals surface area (Å²) < 4.78 is 26.4. The highest BCUT2D eigenvalue weighted by Gasteiger charge is 2.48. The SMILES string of the molecule is COc1cc(C2/C(=C(/O)c3ccc(Br)cc3)C(=O)C(=O)N2c2nnc(SCc3ccc(F)cc3)s2)ccc1OCc1ccccc1. The molecule has 1 amide bonds. The predicted molar refractivity (Wildman–Crippen MR) is 179 cm³/mol. The number of anilines is 1. The van der Waals surface area contributed by atoms with Crippen molar-refractivity contribution in [2.75, 3.05) is 12.0 Å². The summed E-state index contributed by atoms with van der Waals surface area (Å²) in [5.74, 6) is -0.994. The van der Waals surface area contributed by atoms with Crippen LogP contribution in [0.25, 0.3) is 5.76 Å². The molecule has 1 N–H and O–H groups in total. The molecular formula is C34H25BrFN3O5S2. The molecule has 0 spiro atoms. The van der Waals surface area contributed by atoms with E-state index < -0.39 is 17.7 Å². The second-order valence-corrected chi connectivity index (χ2v) is 13.2. The first kappa shape index (κ1) is 31.5. The first-order valence-corrected chi connectivity index (χ1v) is 16.5. The lowest BCUT2D eigenvalue weighted by atomic mass is 9.95. The van der Waals surface area contributed by atoms with Gasteiger partial charge in [0.05, 0.1) is 18.7 Å². The first-order valence-electron chi connectivity index (χ1n) is 13.9. The van der Waals surface area contributed by atoms with Crippen molar-refractivity contribution in [2.45, 2.75) is 22.7 Å². The highest BCUT2D eigenvalue weighted by Crippen LogP contribution is 2.45. The van der Waals surface area contributed by atoms with Gasteiger partial charge < -0.3 is 14.6 Å². The van der Waals surface area contributed by atoms with Gasteiger partial charge in [0, 0.05) is 15.8 Å². The molecule has 1 atom stereocenters. The molecular weight excluding hydrogens is 693 g/mol. The van der Waals surface area contributed by atoms with Gasteiger partial charge in [0.2, 0.25) is 5.13 Å². The quantitative estimate of drug-likeness (QED) is 0.0511. The van der Waals surface area contributed by atoms with Crippen molar-refractivity contribution >= 4 is 61.6 Å². The lowest BCUT2D eigenvalue weighted by molar-refractivity contribution is -0.132. The number of hydrogen-bond acceptors (Lipinski definition) is 9. The normalized spacial score (nSPS) is 15.7. The number of aliphatic hydroxyl groups excluding tert-OH is 1. The molecule has 1 unspecified atom stereocenters. The zero-order valence-corrected chi connectivity index (χ0v) is 27.4. The number of Topliss-reactive ketones (excluding diaryl/α,β-unsaturated/α-hetero) is 1. The monoisotopic (exact) mass is 717 g/mol. The third kappa shape index (κ3) is 6.69. The molecule has 8 nitrogen and oxygen atoms in total. The number of thioether (sulfide) groups is 1. The van der Waals surface area contributed by atoms with Gasteiger partial charge in [-0.15, -0.1) is 10.2 Å². The van der Waals surface area contributed by atoms with Gasteiger partial charge in [-0.25, -0.2) is 4.39 Å². The maximum Gasteiger partial charge on any atom is 0.301 e.